The Morgan fingerprint density at radius 1 is 1.42 bits per heavy atom. The fourth-order valence-electron chi connectivity index (χ4n) is 2.13. The van der Waals surface area contributed by atoms with E-state index >= 15 is 0 Å². The van der Waals surface area contributed by atoms with E-state index in [1.807, 2.05) is 10.6 Å². The van der Waals surface area contributed by atoms with Crippen molar-refractivity contribution in [2.75, 3.05) is 0 Å². The molecule has 0 fully saturated rings. The summed E-state index contributed by atoms with van der Waals surface area (Å²) >= 11 is 0. The van der Waals surface area contributed by atoms with Crippen molar-refractivity contribution in [2.45, 2.75) is 33.4 Å². The van der Waals surface area contributed by atoms with Crippen molar-refractivity contribution >= 4 is 17.0 Å². The molecule has 2 N–H and O–H groups in total. The zero-order chi connectivity index (χ0) is 14.0. The molecule has 5 heteroatoms. The molecule has 0 aliphatic rings. The van der Waals surface area contributed by atoms with E-state index in [0.717, 1.165) is 18.5 Å². The van der Waals surface area contributed by atoms with Crippen LogP contribution >= 0.6 is 0 Å². The largest absolute Gasteiger partial charge is 0.478 e. The van der Waals surface area contributed by atoms with Gasteiger partial charge in [-0.05, 0) is 24.5 Å². The van der Waals surface area contributed by atoms with E-state index in [1.165, 1.54) is 6.07 Å². The molecule has 0 aliphatic carbocycles. The Balaban J connectivity index is 2.55. The van der Waals surface area contributed by atoms with Gasteiger partial charge in [-0.2, -0.15) is 0 Å². The summed E-state index contributed by atoms with van der Waals surface area (Å²) in [6, 6.07) is 5.08. The highest BCUT2D eigenvalue weighted by molar-refractivity contribution is 6.01. The number of carboxylic acids is 1. The van der Waals surface area contributed by atoms with Gasteiger partial charge in [0.25, 0.3) is 0 Å². The minimum atomic E-state index is -0.997. The van der Waals surface area contributed by atoms with Crippen molar-refractivity contribution < 1.29 is 15.0 Å². The van der Waals surface area contributed by atoms with E-state index in [1.54, 1.807) is 6.07 Å². The normalized spacial score (nSPS) is 11.4. The zero-order valence-electron chi connectivity index (χ0n) is 11.1. The molecule has 102 valence electrons. The fraction of sp³-hybridized carbons (Fsp3) is 0.429. The number of benzene rings is 1. The molecule has 0 bridgehead atoms. The molecule has 5 nitrogen and oxygen atoms in total. The van der Waals surface area contributed by atoms with E-state index in [4.69, 9.17) is 5.11 Å². The number of hydrogen-bond donors (Lipinski definition) is 2. The summed E-state index contributed by atoms with van der Waals surface area (Å²) in [5.74, 6) is 0.0552. The lowest BCUT2D eigenvalue weighted by atomic mass is 10.1. The number of para-hydroxylation sites is 1. The molecule has 0 saturated heterocycles. The maximum absolute atomic E-state index is 11.2. The van der Waals surface area contributed by atoms with E-state index in [0.29, 0.717) is 17.3 Å². The van der Waals surface area contributed by atoms with Gasteiger partial charge in [0.15, 0.2) is 0 Å². The van der Waals surface area contributed by atoms with Crippen LogP contribution in [0.15, 0.2) is 18.2 Å². The molecule has 2 rings (SSSR count). The number of aryl methyl sites for hydroxylation is 1. The van der Waals surface area contributed by atoms with Crippen LogP contribution in [-0.2, 0) is 13.2 Å². The third-order valence-electron chi connectivity index (χ3n) is 3.16. The molecule has 0 saturated carbocycles. The number of hydrogen-bond acceptors (Lipinski definition) is 3. The molecule has 1 heterocycles. The topological polar surface area (TPSA) is 75.3 Å². The minimum absolute atomic E-state index is 0.176. The third kappa shape index (κ3) is 2.61. The Bertz CT molecular complexity index is 602. The summed E-state index contributed by atoms with van der Waals surface area (Å²) in [5, 5.41) is 18.5. The standard InChI is InChI=1S/C14H18N2O3/c1-9(2)6-7-16-11-5-3-4-10(14(18)19)13(11)15-12(16)8-17/h3-5,9,17H,6-8H2,1-2H3,(H,18,19). The second-order valence-corrected chi connectivity index (χ2v) is 5.00. The average Bonchev–Trinajstić information content (AvgIpc) is 2.73. The molecule has 0 aliphatic heterocycles. The van der Waals surface area contributed by atoms with Gasteiger partial charge in [-0.1, -0.05) is 19.9 Å². The Morgan fingerprint density at radius 3 is 2.74 bits per heavy atom. The fourth-order valence-corrected chi connectivity index (χ4v) is 2.13. The first-order valence-electron chi connectivity index (χ1n) is 6.37. The predicted octanol–water partition coefficient (Wildman–Crippen LogP) is 2.27. The molecule has 1 aromatic carbocycles. The lowest BCUT2D eigenvalue weighted by Gasteiger charge is -2.09. The van der Waals surface area contributed by atoms with Gasteiger partial charge in [0.05, 0.1) is 11.1 Å². The molecule has 19 heavy (non-hydrogen) atoms. The second-order valence-electron chi connectivity index (χ2n) is 5.00. The van der Waals surface area contributed by atoms with Gasteiger partial charge in [0, 0.05) is 6.54 Å². The van der Waals surface area contributed by atoms with Crippen LogP contribution in [0.5, 0.6) is 0 Å². The van der Waals surface area contributed by atoms with Crippen molar-refractivity contribution in [2.24, 2.45) is 5.92 Å². The van der Waals surface area contributed by atoms with Crippen LogP contribution in [-0.4, -0.2) is 25.7 Å². The van der Waals surface area contributed by atoms with Gasteiger partial charge in [0.1, 0.15) is 17.9 Å². The highest BCUT2D eigenvalue weighted by Crippen LogP contribution is 2.21. The first-order chi connectivity index (χ1) is 9.04. The van der Waals surface area contributed by atoms with Gasteiger partial charge in [0.2, 0.25) is 0 Å². The van der Waals surface area contributed by atoms with Gasteiger partial charge < -0.3 is 14.8 Å². The van der Waals surface area contributed by atoms with E-state index in [9.17, 15) is 9.90 Å². The molecule has 1 aromatic heterocycles. The third-order valence-corrected chi connectivity index (χ3v) is 3.16. The molecule has 0 amide bonds. The van der Waals surface area contributed by atoms with Crippen LogP contribution in [0.1, 0.15) is 36.5 Å². The lowest BCUT2D eigenvalue weighted by molar-refractivity contribution is 0.0699. The number of nitrogens with zero attached hydrogens (tertiary/aromatic N) is 2. The highest BCUT2D eigenvalue weighted by atomic mass is 16.4. The van der Waals surface area contributed by atoms with Crippen LogP contribution in [0.25, 0.3) is 11.0 Å². The molecule has 2 aromatic rings. The molecular formula is C14H18N2O3. The summed E-state index contributed by atoms with van der Waals surface area (Å²) in [5.41, 5.74) is 1.39. The average molecular weight is 262 g/mol. The van der Waals surface area contributed by atoms with Crippen LogP contribution in [0.4, 0.5) is 0 Å². The molecular weight excluding hydrogens is 244 g/mol. The number of carbonyl (C=O) groups is 1. The molecule has 0 unspecified atom stereocenters. The quantitative estimate of drug-likeness (QED) is 0.866. The summed E-state index contributed by atoms with van der Waals surface area (Å²) in [7, 11) is 0. The van der Waals surface area contributed by atoms with Crippen molar-refractivity contribution in [3.63, 3.8) is 0 Å². The van der Waals surface area contributed by atoms with Crippen LogP contribution in [0, 0.1) is 5.92 Å². The maximum Gasteiger partial charge on any atom is 0.337 e. The summed E-state index contributed by atoms with van der Waals surface area (Å²) in [6.45, 7) is 4.79. The van der Waals surface area contributed by atoms with E-state index in [-0.39, 0.29) is 12.2 Å². The van der Waals surface area contributed by atoms with E-state index in [2.05, 4.69) is 18.8 Å². The van der Waals surface area contributed by atoms with Gasteiger partial charge >= 0.3 is 5.97 Å². The van der Waals surface area contributed by atoms with E-state index < -0.39 is 5.97 Å². The number of aliphatic hydroxyl groups excluding tert-OH is 1. The Kier molecular flexibility index (Phi) is 3.85. The van der Waals surface area contributed by atoms with Crippen LogP contribution in [0.3, 0.4) is 0 Å². The first kappa shape index (κ1) is 13.5. The Hall–Kier alpha value is -1.88. The SMILES string of the molecule is CC(C)CCn1c(CO)nc2c(C(=O)O)cccc21. The number of fused-ring (bicyclic) bond motifs is 1. The lowest BCUT2D eigenvalue weighted by Crippen LogP contribution is -2.06. The van der Waals surface area contributed by atoms with Crippen molar-refractivity contribution in [1.29, 1.82) is 0 Å². The van der Waals surface area contributed by atoms with Crippen molar-refractivity contribution in [1.82, 2.24) is 9.55 Å². The number of carboxylic acid groups (broad SMARTS) is 1. The van der Waals surface area contributed by atoms with Crippen molar-refractivity contribution in [3.8, 4) is 0 Å². The number of aromatic nitrogens is 2. The number of aliphatic hydroxyl groups is 1. The maximum atomic E-state index is 11.2. The summed E-state index contributed by atoms with van der Waals surface area (Å²) < 4.78 is 1.90. The predicted molar refractivity (Wildman–Crippen MR) is 72.1 cm³/mol. The monoisotopic (exact) mass is 262 g/mol. The first-order valence-corrected chi connectivity index (χ1v) is 6.37. The number of rotatable bonds is 5. The number of aromatic carboxylic acids is 1. The Labute approximate surface area is 111 Å². The van der Waals surface area contributed by atoms with Gasteiger partial charge in [-0.15, -0.1) is 0 Å². The highest BCUT2D eigenvalue weighted by Gasteiger charge is 2.16. The molecule has 0 radical (unpaired) electrons. The zero-order valence-corrected chi connectivity index (χ0v) is 11.1. The molecule has 0 atom stereocenters. The smallest absolute Gasteiger partial charge is 0.337 e. The minimum Gasteiger partial charge on any atom is -0.478 e. The summed E-state index contributed by atoms with van der Waals surface area (Å²) in [4.78, 5) is 15.4. The second kappa shape index (κ2) is 5.40. The van der Waals surface area contributed by atoms with Crippen LogP contribution in [0.2, 0.25) is 0 Å². The number of imidazole rings is 1. The molecule has 0 spiro atoms. The van der Waals surface area contributed by atoms with Gasteiger partial charge in [-0.3, -0.25) is 0 Å². The van der Waals surface area contributed by atoms with Gasteiger partial charge in [-0.25, -0.2) is 9.78 Å². The Morgan fingerprint density at radius 2 is 2.16 bits per heavy atom. The summed E-state index contributed by atoms with van der Waals surface area (Å²) in [6.07, 6.45) is 0.954. The van der Waals surface area contributed by atoms with Crippen molar-refractivity contribution in [3.05, 3.63) is 29.6 Å². The van der Waals surface area contributed by atoms with Crippen LogP contribution < -0.4 is 0 Å².